The monoisotopic (exact) mass is 497 g/mol. The smallest absolute Gasteiger partial charge is 0.248 e. The topological polar surface area (TPSA) is 79.4 Å². The van der Waals surface area contributed by atoms with Crippen molar-refractivity contribution in [3.05, 3.63) is 23.3 Å². The third-order valence-electron chi connectivity index (χ3n) is 6.66. The molecule has 0 N–H and O–H groups in total. The van der Waals surface area contributed by atoms with Crippen LogP contribution in [-0.4, -0.2) is 96.6 Å². The van der Waals surface area contributed by atoms with Crippen LogP contribution in [0.15, 0.2) is 17.0 Å². The number of hydrogen-bond acceptors (Lipinski definition) is 6. The van der Waals surface area contributed by atoms with E-state index in [4.69, 9.17) is 9.47 Å². The van der Waals surface area contributed by atoms with Gasteiger partial charge in [-0.05, 0) is 88.7 Å². The first-order valence-electron chi connectivity index (χ1n) is 12.0. The van der Waals surface area contributed by atoms with Gasteiger partial charge in [0.25, 0.3) is 0 Å². The SMILES string of the molecule is COc1cc(C)c(S(=O)(=O)N(C)CCOCC(=O)N(C)CC2CCC(CN(C)C)CC2)c(C)c1. The van der Waals surface area contributed by atoms with Gasteiger partial charge in [-0.15, -0.1) is 0 Å². The lowest BCUT2D eigenvalue weighted by Crippen LogP contribution is -2.37. The van der Waals surface area contributed by atoms with Crippen molar-refractivity contribution in [3.63, 3.8) is 0 Å². The lowest BCUT2D eigenvalue weighted by Gasteiger charge is -2.32. The molecule has 1 fully saturated rings. The van der Waals surface area contributed by atoms with E-state index in [9.17, 15) is 13.2 Å². The summed E-state index contributed by atoms with van der Waals surface area (Å²) >= 11 is 0. The Hall–Kier alpha value is -1.68. The number of carbonyl (C=O) groups excluding carboxylic acids is 1. The number of amides is 1. The van der Waals surface area contributed by atoms with Crippen LogP contribution in [0.4, 0.5) is 0 Å². The lowest BCUT2D eigenvalue weighted by atomic mass is 9.81. The van der Waals surface area contributed by atoms with Crippen molar-refractivity contribution in [1.29, 1.82) is 0 Å². The van der Waals surface area contributed by atoms with Crippen LogP contribution in [0.1, 0.15) is 36.8 Å². The van der Waals surface area contributed by atoms with Crippen molar-refractivity contribution in [2.75, 3.05) is 68.1 Å². The Morgan fingerprint density at radius 2 is 1.50 bits per heavy atom. The van der Waals surface area contributed by atoms with Crippen LogP contribution in [0.3, 0.4) is 0 Å². The summed E-state index contributed by atoms with van der Waals surface area (Å²) in [6, 6.07) is 3.43. The van der Waals surface area contributed by atoms with Gasteiger partial charge in [0.1, 0.15) is 12.4 Å². The van der Waals surface area contributed by atoms with Crippen LogP contribution >= 0.6 is 0 Å². The van der Waals surface area contributed by atoms with E-state index in [1.807, 2.05) is 7.05 Å². The average molecular weight is 498 g/mol. The van der Waals surface area contributed by atoms with Crippen molar-refractivity contribution in [1.82, 2.24) is 14.1 Å². The molecule has 0 spiro atoms. The number of carbonyl (C=O) groups is 1. The molecule has 1 aromatic rings. The highest BCUT2D eigenvalue weighted by Crippen LogP contribution is 2.30. The van der Waals surface area contributed by atoms with E-state index < -0.39 is 10.0 Å². The Morgan fingerprint density at radius 1 is 0.971 bits per heavy atom. The third kappa shape index (κ3) is 7.93. The van der Waals surface area contributed by atoms with Crippen LogP contribution in [-0.2, 0) is 19.6 Å². The van der Waals surface area contributed by atoms with Gasteiger partial charge in [0, 0.05) is 33.7 Å². The molecule has 1 aliphatic rings. The van der Waals surface area contributed by atoms with Crippen molar-refractivity contribution in [2.24, 2.45) is 11.8 Å². The van der Waals surface area contributed by atoms with Gasteiger partial charge in [-0.1, -0.05) is 0 Å². The molecule has 0 radical (unpaired) electrons. The van der Waals surface area contributed by atoms with Crippen molar-refractivity contribution < 1.29 is 22.7 Å². The van der Waals surface area contributed by atoms with E-state index in [-0.39, 0.29) is 30.6 Å². The van der Waals surface area contributed by atoms with Gasteiger partial charge < -0.3 is 19.3 Å². The summed E-state index contributed by atoms with van der Waals surface area (Å²) in [5, 5.41) is 0. The summed E-state index contributed by atoms with van der Waals surface area (Å²) in [5.41, 5.74) is 1.27. The Balaban J connectivity index is 1.77. The predicted molar refractivity (Wildman–Crippen MR) is 135 cm³/mol. The van der Waals surface area contributed by atoms with E-state index in [0.717, 1.165) is 31.8 Å². The van der Waals surface area contributed by atoms with Gasteiger partial charge in [0.2, 0.25) is 15.9 Å². The quantitative estimate of drug-likeness (QED) is 0.413. The predicted octanol–water partition coefficient (Wildman–Crippen LogP) is 2.78. The van der Waals surface area contributed by atoms with E-state index in [1.165, 1.54) is 24.2 Å². The maximum absolute atomic E-state index is 13.1. The van der Waals surface area contributed by atoms with Gasteiger partial charge in [-0.25, -0.2) is 8.42 Å². The summed E-state index contributed by atoms with van der Waals surface area (Å²) in [7, 11) is 5.47. The molecule has 0 unspecified atom stereocenters. The second-order valence-electron chi connectivity index (χ2n) is 9.89. The highest BCUT2D eigenvalue weighted by molar-refractivity contribution is 7.89. The molecule has 0 aliphatic heterocycles. The summed E-state index contributed by atoms with van der Waals surface area (Å²) in [6.07, 6.45) is 4.75. The minimum Gasteiger partial charge on any atom is -0.497 e. The molecule has 1 aromatic carbocycles. The fourth-order valence-electron chi connectivity index (χ4n) is 4.78. The summed E-state index contributed by atoms with van der Waals surface area (Å²) in [5.74, 6) is 1.86. The zero-order valence-corrected chi connectivity index (χ0v) is 22.8. The maximum Gasteiger partial charge on any atom is 0.248 e. The molecular weight excluding hydrogens is 454 g/mol. The van der Waals surface area contributed by atoms with Gasteiger partial charge in [-0.3, -0.25) is 4.79 Å². The second kappa shape index (κ2) is 12.9. The zero-order chi connectivity index (χ0) is 25.5. The number of nitrogens with zero attached hydrogens (tertiary/aromatic N) is 3. The van der Waals surface area contributed by atoms with Crippen LogP contribution in [0.25, 0.3) is 0 Å². The number of sulfonamides is 1. The first kappa shape index (κ1) is 28.6. The molecule has 9 heteroatoms. The fraction of sp³-hybridized carbons (Fsp3) is 0.720. The Morgan fingerprint density at radius 3 is 2.00 bits per heavy atom. The van der Waals surface area contributed by atoms with Gasteiger partial charge in [0.05, 0.1) is 18.6 Å². The Bertz CT molecular complexity index is 888. The van der Waals surface area contributed by atoms with Gasteiger partial charge in [0.15, 0.2) is 0 Å². The van der Waals surface area contributed by atoms with Crippen LogP contribution in [0.2, 0.25) is 0 Å². The number of rotatable bonds is 12. The molecule has 0 saturated heterocycles. The molecular formula is C25H43N3O5S. The average Bonchev–Trinajstić information content (AvgIpc) is 2.76. The van der Waals surface area contributed by atoms with Gasteiger partial charge in [-0.2, -0.15) is 4.31 Å². The molecule has 0 bridgehead atoms. The standard InChI is InChI=1S/C25H43N3O5S/c1-19-14-23(32-7)15-20(2)25(19)34(30,31)28(6)12-13-33-18-24(29)27(5)17-22-10-8-21(9-11-22)16-26(3)4/h14-15,21-22H,8-13,16-18H2,1-7H3. The highest BCUT2D eigenvalue weighted by atomic mass is 32.2. The first-order valence-corrected chi connectivity index (χ1v) is 13.5. The van der Waals surface area contributed by atoms with E-state index in [2.05, 4.69) is 19.0 Å². The molecule has 1 amide bonds. The highest BCUT2D eigenvalue weighted by Gasteiger charge is 2.26. The van der Waals surface area contributed by atoms with Crippen LogP contribution < -0.4 is 4.74 Å². The van der Waals surface area contributed by atoms with E-state index in [1.54, 1.807) is 38.0 Å². The molecule has 0 aromatic heterocycles. The largest absolute Gasteiger partial charge is 0.497 e. The molecule has 2 rings (SSSR count). The summed E-state index contributed by atoms with van der Waals surface area (Å²) in [4.78, 5) is 16.8. The fourth-order valence-corrected chi connectivity index (χ4v) is 6.33. The minimum absolute atomic E-state index is 0.0407. The van der Waals surface area contributed by atoms with E-state index in [0.29, 0.717) is 22.8 Å². The molecule has 1 aliphatic carbocycles. The van der Waals surface area contributed by atoms with Gasteiger partial charge >= 0.3 is 0 Å². The third-order valence-corrected chi connectivity index (χ3v) is 8.82. The molecule has 194 valence electrons. The van der Waals surface area contributed by atoms with Crippen LogP contribution in [0.5, 0.6) is 5.75 Å². The molecule has 8 nitrogen and oxygen atoms in total. The number of methoxy groups -OCH3 is 1. The normalized spacial score (nSPS) is 19.0. The molecule has 1 saturated carbocycles. The Labute approximate surface area is 206 Å². The van der Waals surface area contributed by atoms with E-state index >= 15 is 0 Å². The first-order chi connectivity index (χ1) is 15.9. The molecule has 34 heavy (non-hydrogen) atoms. The number of aryl methyl sites for hydroxylation is 2. The number of likely N-dealkylation sites (N-methyl/N-ethyl adjacent to an activating group) is 2. The number of ether oxygens (including phenoxy) is 2. The lowest BCUT2D eigenvalue weighted by molar-refractivity contribution is -0.135. The Kier molecular flexibility index (Phi) is 10.8. The maximum atomic E-state index is 13.1. The summed E-state index contributed by atoms with van der Waals surface area (Å²) < 4.78 is 38.2. The second-order valence-corrected chi connectivity index (χ2v) is 11.9. The van der Waals surface area contributed by atoms with Crippen molar-refractivity contribution in [2.45, 2.75) is 44.4 Å². The van der Waals surface area contributed by atoms with Crippen molar-refractivity contribution in [3.8, 4) is 5.75 Å². The number of hydrogen-bond donors (Lipinski definition) is 0. The van der Waals surface area contributed by atoms with Crippen molar-refractivity contribution >= 4 is 15.9 Å². The molecule has 0 atom stereocenters. The molecule has 0 heterocycles. The summed E-state index contributed by atoms with van der Waals surface area (Å²) in [6.45, 7) is 5.69. The minimum atomic E-state index is -3.67. The zero-order valence-electron chi connectivity index (χ0n) is 22.0. The van der Waals surface area contributed by atoms with Crippen LogP contribution in [0, 0.1) is 25.7 Å². The number of benzene rings is 1.